The molecule has 2 heterocycles. The van der Waals surface area contributed by atoms with Crippen LogP contribution in [0.1, 0.15) is 18.2 Å². The molecule has 0 aliphatic carbocycles. The van der Waals surface area contributed by atoms with Gasteiger partial charge in [-0.15, -0.1) is 0 Å². The fourth-order valence-electron chi connectivity index (χ4n) is 1.45. The minimum atomic E-state index is 1.01. The Morgan fingerprint density at radius 2 is 2.25 bits per heavy atom. The van der Waals surface area contributed by atoms with E-state index in [2.05, 4.69) is 29.0 Å². The van der Waals surface area contributed by atoms with Crippen LogP contribution in [0.5, 0.6) is 0 Å². The number of aromatic amines is 1. The highest BCUT2D eigenvalue weighted by Gasteiger charge is 2.01. The van der Waals surface area contributed by atoms with Crippen molar-refractivity contribution in [3.8, 4) is 0 Å². The number of fused-ring (bicyclic) bond motifs is 1. The number of hydrogen-bond donors (Lipinski definition) is 1. The monoisotopic (exact) mass is 160 g/mol. The third-order valence-electron chi connectivity index (χ3n) is 2.14. The molecule has 0 bridgehead atoms. The number of nitrogens with zero attached hydrogens (tertiary/aromatic N) is 1. The van der Waals surface area contributed by atoms with Gasteiger partial charge in [-0.3, -0.25) is 0 Å². The van der Waals surface area contributed by atoms with E-state index < -0.39 is 0 Å². The van der Waals surface area contributed by atoms with Gasteiger partial charge in [0.1, 0.15) is 5.65 Å². The zero-order valence-corrected chi connectivity index (χ0v) is 7.39. The van der Waals surface area contributed by atoms with Gasteiger partial charge in [-0.05, 0) is 31.0 Å². The Morgan fingerprint density at radius 3 is 3.00 bits per heavy atom. The molecule has 62 valence electrons. The van der Waals surface area contributed by atoms with Crippen LogP contribution in [-0.4, -0.2) is 9.97 Å². The SMILES string of the molecule is CCc1c[nH]c2nc(C)ccc12. The average Bonchev–Trinajstić information content (AvgIpc) is 2.46. The molecule has 1 N–H and O–H groups in total. The van der Waals surface area contributed by atoms with Crippen LogP contribution in [0.2, 0.25) is 0 Å². The van der Waals surface area contributed by atoms with Crippen LogP contribution in [0.3, 0.4) is 0 Å². The lowest BCUT2D eigenvalue weighted by Gasteiger charge is -1.93. The molecular weight excluding hydrogens is 148 g/mol. The third kappa shape index (κ3) is 0.998. The Morgan fingerprint density at radius 1 is 1.42 bits per heavy atom. The van der Waals surface area contributed by atoms with Crippen molar-refractivity contribution in [1.82, 2.24) is 9.97 Å². The molecule has 0 aromatic carbocycles. The average molecular weight is 160 g/mol. The standard InChI is InChI=1S/C10H12N2/c1-3-8-6-11-10-9(8)5-4-7(2)12-10/h4-6H,3H2,1-2H3,(H,11,12). The molecule has 0 fully saturated rings. The lowest BCUT2D eigenvalue weighted by molar-refractivity contribution is 1.15. The smallest absolute Gasteiger partial charge is 0.137 e. The Kier molecular flexibility index (Phi) is 1.61. The van der Waals surface area contributed by atoms with E-state index >= 15 is 0 Å². The Bertz CT molecular complexity index is 401. The van der Waals surface area contributed by atoms with E-state index in [9.17, 15) is 0 Å². The minimum absolute atomic E-state index is 1.01. The summed E-state index contributed by atoms with van der Waals surface area (Å²) in [5.41, 5.74) is 3.41. The van der Waals surface area contributed by atoms with Gasteiger partial charge in [-0.25, -0.2) is 4.98 Å². The van der Waals surface area contributed by atoms with Gasteiger partial charge < -0.3 is 4.98 Å². The van der Waals surface area contributed by atoms with E-state index in [1.165, 1.54) is 10.9 Å². The molecule has 2 nitrogen and oxygen atoms in total. The lowest BCUT2D eigenvalue weighted by atomic mass is 10.2. The van der Waals surface area contributed by atoms with Crippen molar-refractivity contribution in [2.24, 2.45) is 0 Å². The van der Waals surface area contributed by atoms with Crippen LogP contribution in [0.25, 0.3) is 11.0 Å². The fourth-order valence-corrected chi connectivity index (χ4v) is 1.45. The van der Waals surface area contributed by atoms with Crippen molar-refractivity contribution in [2.75, 3.05) is 0 Å². The van der Waals surface area contributed by atoms with Crippen LogP contribution in [0, 0.1) is 6.92 Å². The van der Waals surface area contributed by atoms with Crippen molar-refractivity contribution in [3.63, 3.8) is 0 Å². The van der Waals surface area contributed by atoms with E-state index in [0.717, 1.165) is 17.8 Å². The van der Waals surface area contributed by atoms with Gasteiger partial charge in [0.15, 0.2) is 0 Å². The first kappa shape index (κ1) is 7.35. The second kappa shape index (κ2) is 2.63. The first-order valence-corrected chi connectivity index (χ1v) is 4.25. The minimum Gasteiger partial charge on any atom is -0.346 e. The molecular formula is C10H12N2. The van der Waals surface area contributed by atoms with Crippen molar-refractivity contribution < 1.29 is 0 Å². The summed E-state index contributed by atoms with van der Waals surface area (Å²) in [4.78, 5) is 7.56. The Hall–Kier alpha value is -1.31. The van der Waals surface area contributed by atoms with Crippen molar-refractivity contribution in [3.05, 3.63) is 29.6 Å². The molecule has 2 aromatic rings. The normalized spacial score (nSPS) is 10.8. The highest BCUT2D eigenvalue weighted by Crippen LogP contribution is 2.16. The van der Waals surface area contributed by atoms with Crippen LogP contribution in [0.15, 0.2) is 18.3 Å². The Balaban J connectivity index is 2.73. The summed E-state index contributed by atoms with van der Waals surface area (Å²) in [5, 5.41) is 1.25. The molecule has 0 radical (unpaired) electrons. The lowest BCUT2D eigenvalue weighted by Crippen LogP contribution is -1.81. The number of H-pyrrole nitrogens is 1. The van der Waals surface area contributed by atoms with Gasteiger partial charge >= 0.3 is 0 Å². The predicted molar refractivity (Wildman–Crippen MR) is 50.2 cm³/mol. The molecule has 0 saturated heterocycles. The number of nitrogens with one attached hydrogen (secondary N) is 1. The summed E-state index contributed by atoms with van der Waals surface area (Å²) in [6, 6.07) is 4.18. The van der Waals surface area contributed by atoms with Gasteiger partial charge in [0.2, 0.25) is 0 Å². The van der Waals surface area contributed by atoms with E-state index in [-0.39, 0.29) is 0 Å². The predicted octanol–water partition coefficient (Wildman–Crippen LogP) is 2.43. The molecule has 0 atom stereocenters. The first-order valence-electron chi connectivity index (χ1n) is 4.25. The maximum Gasteiger partial charge on any atom is 0.137 e. The molecule has 0 aliphatic rings. The maximum atomic E-state index is 4.39. The molecule has 0 aliphatic heterocycles. The number of aryl methyl sites for hydroxylation is 2. The number of aromatic nitrogens is 2. The van der Waals surface area contributed by atoms with E-state index in [1.807, 2.05) is 13.1 Å². The molecule has 0 saturated carbocycles. The van der Waals surface area contributed by atoms with Gasteiger partial charge in [0.05, 0.1) is 0 Å². The molecule has 0 spiro atoms. The summed E-state index contributed by atoms with van der Waals surface area (Å²) >= 11 is 0. The van der Waals surface area contributed by atoms with Gasteiger partial charge in [0, 0.05) is 17.3 Å². The zero-order valence-electron chi connectivity index (χ0n) is 7.39. The molecule has 2 aromatic heterocycles. The summed E-state index contributed by atoms with van der Waals surface area (Å²) < 4.78 is 0. The number of pyridine rings is 1. The van der Waals surface area contributed by atoms with Gasteiger partial charge in [-0.2, -0.15) is 0 Å². The first-order chi connectivity index (χ1) is 5.81. The molecule has 12 heavy (non-hydrogen) atoms. The quantitative estimate of drug-likeness (QED) is 0.682. The van der Waals surface area contributed by atoms with E-state index in [1.54, 1.807) is 0 Å². The Labute approximate surface area is 71.6 Å². The molecule has 0 amide bonds. The second-order valence-electron chi connectivity index (χ2n) is 3.02. The van der Waals surface area contributed by atoms with Crippen molar-refractivity contribution >= 4 is 11.0 Å². The van der Waals surface area contributed by atoms with Crippen LogP contribution >= 0.6 is 0 Å². The topological polar surface area (TPSA) is 28.7 Å². The van der Waals surface area contributed by atoms with Crippen LogP contribution in [-0.2, 0) is 6.42 Å². The van der Waals surface area contributed by atoms with E-state index in [4.69, 9.17) is 0 Å². The van der Waals surface area contributed by atoms with Gasteiger partial charge in [0.25, 0.3) is 0 Å². The molecule has 0 unspecified atom stereocenters. The fraction of sp³-hybridized carbons (Fsp3) is 0.300. The molecule has 2 rings (SSSR count). The highest BCUT2D eigenvalue weighted by atomic mass is 14.8. The largest absolute Gasteiger partial charge is 0.346 e. The third-order valence-corrected chi connectivity index (χ3v) is 2.14. The maximum absolute atomic E-state index is 4.39. The van der Waals surface area contributed by atoms with Crippen molar-refractivity contribution in [1.29, 1.82) is 0 Å². The summed E-state index contributed by atoms with van der Waals surface area (Å²) in [7, 11) is 0. The number of rotatable bonds is 1. The molecule has 2 heteroatoms. The van der Waals surface area contributed by atoms with E-state index in [0.29, 0.717) is 0 Å². The summed E-state index contributed by atoms with van der Waals surface area (Å²) in [6.45, 7) is 4.16. The van der Waals surface area contributed by atoms with Crippen LogP contribution < -0.4 is 0 Å². The highest BCUT2D eigenvalue weighted by molar-refractivity contribution is 5.79. The van der Waals surface area contributed by atoms with Crippen molar-refractivity contribution in [2.45, 2.75) is 20.3 Å². The zero-order chi connectivity index (χ0) is 8.55. The number of hydrogen-bond acceptors (Lipinski definition) is 1. The van der Waals surface area contributed by atoms with Crippen LogP contribution in [0.4, 0.5) is 0 Å². The summed E-state index contributed by atoms with van der Waals surface area (Å²) in [5.74, 6) is 0. The second-order valence-corrected chi connectivity index (χ2v) is 3.02. The summed E-state index contributed by atoms with van der Waals surface area (Å²) in [6.07, 6.45) is 3.10. The van der Waals surface area contributed by atoms with Gasteiger partial charge in [-0.1, -0.05) is 6.92 Å².